The number of methoxy groups -OCH3 is 2. The van der Waals surface area contributed by atoms with Crippen molar-refractivity contribution in [2.24, 2.45) is 5.92 Å². The van der Waals surface area contributed by atoms with Crippen molar-refractivity contribution in [2.75, 3.05) is 58.4 Å². The van der Waals surface area contributed by atoms with E-state index in [9.17, 15) is 9.59 Å². The second-order valence-electron chi connectivity index (χ2n) is 10.7. The number of anilines is 1. The van der Waals surface area contributed by atoms with Gasteiger partial charge in [0.2, 0.25) is 11.8 Å². The maximum absolute atomic E-state index is 13.4. The number of benzene rings is 2. The average molecular weight is 558 g/mol. The molecule has 216 valence electrons. The summed E-state index contributed by atoms with van der Waals surface area (Å²) in [6, 6.07) is 19.7. The van der Waals surface area contributed by atoms with Crippen LogP contribution in [0.2, 0.25) is 0 Å². The van der Waals surface area contributed by atoms with Crippen LogP contribution in [0.25, 0.3) is 11.3 Å². The Morgan fingerprint density at radius 1 is 0.878 bits per heavy atom. The van der Waals surface area contributed by atoms with Gasteiger partial charge in [-0.15, -0.1) is 10.2 Å². The molecule has 2 aromatic carbocycles. The molecule has 0 spiro atoms. The number of aromatic nitrogens is 2. The van der Waals surface area contributed by atoms with Crippen LogP contribution in [-0.4, -0.2) is 85.3 Å². The number of hydrogen-bond acceptors (Lipinski definition) is 7. The van der Waals surface area contributed by atoms with Crippen LogP contribution < -0.4 is 14.4 Å². The van der Waals surface area contributed by atoms with E-state index in [1.54, 1.807) is 19.1 Å². The van der Waals surface area contributed by atoms with Crippen LogP contribution in [0, 0.1) is 5.92 Å². The Morgan fingerprint density at radius 3 is 2.37 bits per heavy atom. The van der Waals surface area contributed by atoms with Crippen molar-refractivity contribution in [3.8, 4) is 22.8 Å². The predicted molar refractivity (Wildman–Crippen MR) is 158 cm³/mol. The smallest absolute Gasteiger partial charge is 0.242 e. The first-order chi connectivity index (χ1) is 20.1. The van der Waals surface area contributed by atoms with Crippen LogP contribution in [0.15, 0.2) is 60.7 Å². The minimum absolute atomic E-state index is 0.0162. The van der Waals surface area contributed by atoms with Crippen molar-refractivity contribution in [3.63, 3.8) is 0 Å². The summed E-state index contributed by atoms with van der Waals surface area (Å²) < 4.78 is 10.7. The van der Waals surface area contributed by atoms with Gasteiger partial charge in [-0.3, -0.25) is 9.59 Å². The molecule has 0 unspecified atom stereocenters. The Kier molecular flexibility index (Phi) is 9.33. The fraction of sp³-hybridized carbons (Fsp3) is 0.438. The third kappa shape index (κ3) is 6.96. The number of carbonyl (C=O) groups excluding carboxylic acids is 2. The lowest BCUT2D eigenvalue weighted by atomic mass is 9.84. The Bertz CT molecular complexity index is 1310. The Morgan fingerprint density at radius 2 is 1.68 bits per heavy atom. The molecule has 1 aromatic heterocycles. The molecule has 3 aromatic rings. The topological polar surface area (TPSA) is 88.1 Å². The molecule has 0 bridgehead atoms. The minimum atomic E-state index is 0.0162. The molecule has 0 atom stereocenters. The molecule has 2 aliphatic rings. The van der Waals surface area contributed by atoms with E-state index in [4.69, 9.17) is 9.47 Å². The van der Waals surface area contributed by atoms with Crippen molar-refractivity contribution in [3.05, 3.63) is 66.2 Å². The van der Waals surface area contributed by atoms with E-state index in [1.807, 2.05) is 53.4 Å². The molecule has 1 saturated carbocycles. The van der Waals surface area contributed by atoms with Crippen molar-refractivity contribution >= 4 is 17.6 Å². The summed E-state index contributed by atoms with van der Waals surface area (Å²) in [4.78, 5) is 32.5. The predicted octanol–water partition coefficient (Wildman–Crippen LogP) is 4.07. The van der Waals surface area contributed by atoms with Gasteiger partial charge in [0.05, 0.1) is 26.5 Å². The molecule has 2 heterocycles. The van der Waals surface area contributed by atoms with Gasteiger partial charge in [-0.05, 0) is 61.6 Å². The number of carbonyl (C=O) groups is 2. The fourth-order valence-corrected chi connectivity index (χ4v) is 5.39. The molecule has 2 amide bonds. The molecule has 1 aliphatic heterocycles. The van der Waals surface area contributed by atoms with E-state index in [-0.39, 0.29) is 24.3 Å². The minimum Gasteiger partial charge on any atom is -0.493 e. The largest absolute Gasteiger partial charge is 0.493 e. The normalized spacial score (nSPS) is 15.6. The molecule has 9 heteroatoms. The molecular weight excluding hydrogens is 518 g/mol. The number of rotatable bonds is 10. The second-order valence-corrected chi connectivity index (χ2v) is 10.7. The molecule has 2 fully saturated rings. The zero-order valence-corrected chi connectivity index (χ0v) is 24.0. The number of nitrogens with zero attached hydrogens (tertiary/aromatic N) is 5. The van der Waals surface area contributed by atoms with Gasteiger partial charge >= 0.3 is 0 Å². The van der Waals surface area contributed by atoms with Crippen LogP contribution >= 0.6 is 0 Å². The molecule has 1 saturated heterocycles. The molecule has 41 heavy (non-hydrogen) atoms. The highest BCUT2D eigenvalue weighted by molar-refractivity contribution is 5.86. The fourth-order valence-electron chi connectivity index (χ4n) is 5.39. The first-order valence-corrected chi connectivity index (χ1v) is 14.5. The summed E-state index contributed by atoms with van der Waals surface area (Å²) in [7, 11) is 3.22. The third-order valence-corrected chi connectivity index (χ3v) is 8.11. The van der Waals surface area contributed by atoms with E-state index >= 15 is 0 Å². The van der Waals surface area contributed by atoms with Crippen LogP contribution in [0.3, 0.4) is 0 Å². The van der Waals surface area contributed by atoms with Gasteiger partial charge in [0, 0.05) is 44.2 Å². The van der Waals surface area contributed by atoms with Crippen molar-refractivity contribution in [1.82, 2.24) is 20.0 Å². The van der Waals surface area contributed by atoms with E-state index < -0.39 is 0 Å². The number of hydrogen-bond donors (Lipinski definition) is 0. The standard InChI is InChI=1S/C32H39N5O4/c1-40-28-14-12-26(22-29(28)41-2)27-13-15-30(34-33-27)35-17-7-18-36(21-20-35)31(38)23-37(32(39)25-10-6-11-25)19-16-24-8-4-3-5-9-24/h3-5,8-9,12-15,22,25H,6-7,10-11,16-21,23H2,1-2H3. The number of ether oxygens (including phenoxy) is 2. The first-order valence-electron chi connectivity index (χ1n) is 14.5. The maximum Gasteiger partial charge on any atom is 0.242 e. The highest BCUT2D eigenvalue weighted by atomic mass is 16.5. The van der Waals surface area contributed by atoms with E-state index in [1.165, 1.54) is 5.56 Å². The quantitative estimate of drug-likeness (QED) is 0.371. The molecule has 0 N–H and O–H groups in total. The monoisotopic (exact) mass is 557 g/mol. The van der Waals surface area contributed by atoms with Crippen molar-refractivity contribution < 1.29 is 19.1 Å². The van der Waals surface area contributed by atoms with Gasteiger partial charge in [-0.1, -0.05) is 36.8 Å². The Labute approximate surface area is 242 Å². The Hall–Kier alpha value is -4.14. The SMILES string of the molecule is COc1ccc(-c2ccc(N3CCCN(C(=O)CN(CCc4ccccc4)C(=O)C4CCC4)CC3)nn2)cc1OC. The van der Waals surface area contributed by atoms with Crippen molar-refractivity contribution in [1.29, 1.82) is 0 Å². The molecular formula is C32H39N5O4. The summed E-state index contributed by atoms with van der Waals surface area (Å²) in [6.07, 6.45) is 4.53. The van der Waals surface area contributed by atoms with Crippen molar-refractivity contribution in [2.45, 2.75) is 32.1 Å². The van der Waals surface area contributed by atoms with Gasteiger partial charge in [0.15, 0.2) is 17.3 Å². The Balaban J connectivity index is 1.19. The lowest BCUT2D eigenvalue weighted by molar-refractivity contribution is -0.144. The van der Waals surface area contributed by atoms with E-state index in [0.717, 1.165) is 55.7 Å². The van der Waals surface area contributed by atoms with Gasteiger partial charge in [0.1, 0.15) is 0 Å². The number of amides is 2. The molecule has 0 radical (unpaired) electrons. The van der Waals surface area contributed by atoms with Crippen LogP contribution in [0.4, 0.5) is 5.82 Å². The summed E-state index contributed by atoms with van der Waals surface area (Å²) in [5, 5.41) is 8.96. The second kappa shape index (κ2) is 13.5. The summed E-state index contributed by atoms with van der Waals surface area (Å²) in [5.41, 5.74) is 2.81. The van der Waals surface area contributed by atoms with Crippen LogP contribution in [-0.2, 0) is 16.0 Å². The summed E-state index contributed by atoms with van der Waals surface area (Å²) >= 11 is 0. The van der Waals surface area contributed by atoms with Crippen LogP contribution in [0.5, 0.6) is 11.5 Å². The lowest BCUT2D eigenvalue weighted by Gasteiger charge is -2.33. The van der Waals surface area contributed by atoms with Gasteiger partial charge in [-0.25, -0.2) is 0 Å². The maximum atomic E-state index is 13.4. The van der Waals surface area contributed by atoms with E-state index in [2.05, 4.69) is 27.2 Å². The van der Waals surface area contributed by atoms with Gasteiger partial charge in [-0.2, -0.15) is 0 Å². The lowest BCUT2D eigenvalue weighted by Crippen LogP contribution is -2.47. The van der Waals surface area contributed by atoms with E-state index in [0.29, 0.717) is 37.7 Å². The summed E-state index contributed by atoms with van der Waals surface area (Å²) in [6.45, 7) is 3.40. The van der Waals surface area contributed by atoms with Crippen LogP contribution in [0.1, 0.15) is 31.2 Å². The zero-order chi connectivity index (χ0) is 28.6. The molecule has 5 rings (SSSR count). The molecule has 9 nitrogen and oxygen atoms in total. The average Bonchev–Trinajstić information content (AvgIpc) is 3.25. The third-order valence-electron chi connectivity index (χ3n) is 8.11. The summed E-state index contributed by atoms with van der Waals surface area (Å²) in [5.74, 6) is 2.30. The van der Waals surface area contributed by atoms with Gasteiger partial charge in [0.25, 0.3) is 0 Å². The highest BCUT2D eigenvalue weighted by Gasteiger charge is 2.31. The first kappa shape index (κ1) is 28.4. The van der Waals surface area contributed by atoms with Gasteiger partial charge < -0.3 is 24.2 Å². The molecule has 1 aliphatic carbocycles. The highest BCUT2D eigenvalue weighted by Crippen LogP contribution is 2.32. The zero-order valence-electron chi connectivity index (χ0n) is 24.0.